The molecule has 9 heteroatoms. The number of para-hydroxylation sites is 2. The average Bonchev–Trinajstić information content (AvgIpc) is 3.12. The van der Waals surface area contributed by atoms with E-state index in [9.17, 15) is 17.2 Å². The Kier molecular flexibility index (Phi) is 5.48. The molecular formula is C21H16F2N2O3S2. The van der Waals surface area contributed by atoms with Gasteiger partial charge in [0.2, 0.25) is 0 Å². The van der Waals surface area contributed by atoms with E-state index in [0.717, 1.165) is 27.9 Å². The Morgan fingerprint density at radius 2 is 1.63 bits per heavy atom. The quantitative estimate of drug-likeness (QED) is 0.396. The third-order valence-corrected chi connectivity index (χ3v) is 7.29. The SMILES string of the molecule is COc1ccc(S(=O)(=O)n2c(SCc3c(F)cccc3F)nc3ccccc32)cc1. The highest BCUT2D eigenvalue weighted by atomic mass is 32.2. The van der Waals surface area contributed by atoms with Crippen molar-refractivity contribution in [1.82, 2.24) is 8.96 Å². The second kappa shape index (κ2) is 8.08. The lowest BCUT2D eigenvalue weighted by Crippen LogP contribution is -2.14. The molecule has 154 valence electrons. The molecule has 0 aliphatic rings. The molecule has 0 fully saturated rings. The number of aromatic nitrogens is 2. The highest BCUT2D eigenvalue weighted by molar-refractivity contribution is 7.99. The number of imidazole rings is 1. The molecule has 5 nitrogen and oxygen atoms in total. The fourth-order valence-electron chi connectivity index (χ4n) is 2.97. The molecule has 1 heterocycles. The van der Waals surface area contributed by atoms with Crippen molar-refractivity contribution >= 4 is 32.8 Å². The molecule has 4 rings (SSSR count). The Morgan fingerprint density at radius 1 is 0.967 bits per heavy atom. The van der Waals surface area contributed by atoms with Gasteiger partial charge < -0.3 is 4.74 Å². The highest BCUT2D eigenvalue weighted by Gasteiger charge is 2.25. The number of nitrogens with zero attached hydrogens (tertiary/aromatic N) is 2. The van der Waals surface area contributed by atoms with Crippen LogP contribution >= 0.6 is 11.8 Å². The van der Waals surface area contributed by atoms with E-state index < -0.39 is 21.7 Å². The predicted molar refractivity (Wildman–Crippen MR) is 111 cm³/mol. The Morgan fingerprint density at radius 3 is 2.30 bits per heavy atom. The van der Waals surface area contributed by atoms with Crippen molar-refractivity contribution in [3.8, 4) is 5.75 Å². The van der Waals surface area contributed by atoms with Gasteiger partial charge in [0, 0.05) is 11.3 Å². The van der Waals surface area contributed by atoms with Crippen LogP contribution in [0.4, 0.5) is 8.78 Å². The largest absolute Gasteiger partial charge is 0.497 e. The summed E-state index contributed by atoms with van der Waals surface area (Å²) >= 11 is 0.951. The molecule has 1 aromatic heterocycles. The molecule has 0 N–H and O–H groups in total. The first-order chi connectivity index (χ1) is 14.4. The first kappa shape index (κ1) is 20.4. The minimum absolute atomic E-state index is 0.0466. The van der Waals surface area contributed by atoms with Gasteiger partial charge in [-0.1, -0.05) is 30.0 Å². The maximum absolute atomic E-state index is 14.0. The summed E-state index contributed by atoms with van der Waals surface area (Å²) in [5.41, 5.74) is 0.707. The van der Waals surface area contributed by atoms with Gasteiger partial charge in [-0.3, -0.25) is 0 Å². The molecule has 0 amide bonds. The molecule has 30 heavy (non-hydrogen) atoms. The summed E-state index contributed by atoms with van der Waals surface area (Å²) < 4.78 is 61.0. The van der Waals surface area contributed by atoms with E-state index >= 15 is 0 Å². The van der Waals surface area contributed by atoms with Crippen molar-refractivity contribution in [2.24, 2.45) is 0 Å². The number of hydrogen-bond acceptors (Lipinski definition) is 5. The topological polar surface area (TPSA) is 61.2 Å². The number of rotatable bonds is 6. The Hall–Kier alpha value is -2.91. The van der Waals surface area contributed by atoms with Gasteiger partial charge >= 0.3 is 0 Å². The number of benzene rings is 3. The summed E-state index contributed by atoms with van der Waals surface area (Å²) in [7, 11) is -2.52. The minimum Gasteiger partial charge on any atom is -0.497 e. The molecule has 4 aromatic rings. The maximum atomic E-state index is 14.0. The highest BCUT2D eigenvalue weighted by Crippen LogP contribution is 2.32. The van der Waals surface area contributed by atoms with Crippen LogP contribution in [0.5, 0.6) is 5.75 Å². The van der Waals surface area contributed by atoms with Crippen LogP contribution < -0.4 is 4.74 Å². The fourth-order valence-corrected chi connectivity index (χ4v) is 5.70. The van der Waals surface area contributed by atoms with Crippen molar-refractivity contribution < 1.29 is 21.9 Å². The van der Waals surface area contributed by atoms with Gasteiger partial charge in [0.05, 0.1) is 23.0 Å². The summed E-state index contributed by atoms with van der Waals surface area (Å²) in [6, 6.07) is 16.3. The predicted octanol–water partition coefficient (Wildman–Crippen LogP) is 4.85. The Bertz CT molecular complexity index is 1300. The van der Waals surface area contributed by atoms with Gasteiger partial charge in [-0.05, 0) is 48.5 Å². The van der Waals surface area contributed by atoms with Gasteiger partial charge in [0.15, 0.2) is 5.16 Å². The lowest BCUT2D eigenvalue weighted by atomic mass is 10.2. The van der Waals surface area contributed by atoms with Crippen LogP contribution in [-0.2, 0) is 15.8 Å². The Balaban J connectivity index is 1.80. The van der Waals surface area contributed by atoms with Gasteiger partial charge in [-0.15, -0.1) is 0 Å². The van der Waals surface area contributed by atoms with Crippen molar-refractivity contribution in [1.29, 1.82) is 0 Å². The number of ether oxygens (including phenoxy) is 1. The van der Waals surface area contributed by atoms with Crippen LogP contribution in [0.2, 0.25) is 0 Å². The van der Waals surface area contributed by atoms with Gasteiger partial charge in [0.25, 0.3) is 10.0 Å². The second-order valence-electron chi connectivity index (χ2n) is 6.32. The minimum atomic E-state index is -4.01. The molecule has 0 radical (unpaired) electrons. The van der Waals surface area contributed by atoms with E-state index in [4.69, 9.17) is 4.74 Å². The van der Waals surface area contributed by atoms with Crippen LogP contribution in [-0.4, -0.2) is 24.5 Å². The van der Waals surface area contributed by atoms with Crippen molar-refractivity contribution in [2.45, 2.75) is 15.8 Å². The molecular weight excluding hydrogens is 430 g/mol. The lowest BCUT2D eigenvalue weighted by Gasteiger charge is -2.11. The van der Waals surface area contributed by atoms with Crippen LogP contribution in [0.25, 0.3) is 11.0 Å². The molecule has 0 aliphatic carbocycles. The summed E-state index contributed by atoms with van der Waals surface area (Å²) in [6.07, 6.45) is 0. The maximum Gasteiger partial charge on any atom is 0.270 e. The average molecular weight is 447 g/mol. The number of fused-ring (bicyclic) bond motifs is 1. The normalized spacial score (nSPS) is 11.7. The summed E-state index contributed by atoms with van der Waals surface area (Å²) in [4.78, 5) is 4.44. The third-order valence-electron chi connectivity index (χ3n) is 4.50. The first-order valence-corrected chi connectivity index (χ1v) is 11.3. The molecule has 0 spiro atoms. The van der Waals surface area contributed by atoms with E-state index in [1.807, 2.05) is 0 Å². The van der Waals surface area contributed by atoms with Crippen molar-refractivity contribution in [3.05, 3.63) is 83.9 Å². The van der Waals surface area contributed by atoms with Crippen molar-refractivity contribution in [3.63, 3.8) is 0 Å². The number of halogens is 2. The third kappa shape index (κ3) is 3.66. The monoisotopic (exact) mass is 446 g/mol. The summed E-state index contributed by atoms with van der Waals surface area (Å²) in [5, 5.41) is 0.120. The van der Waals surface area contributed by atoms with E-state index in [-0.39, 0.29) is 21.4 Å². The van der Waals surface area contributed by atoms with Gasteiger partial charge in [-0.2, -0.15) is 0 Å². The van der Waals surface area contributed by atoms with Crippen molar-refractivity contribution in [2.75, 3.05) is 7.11 Å². The fraction of sp³-hybridized carbons (Fsp3) is 0.0952. The Labute approximate surface area is 176 Å². The van der Waals surface area contributed by atoms with Crippen LogP contribution in [0.1, 0.15) is 5.56 Å². The summed E-state index contributed by atoms with van der Waals surface area (Å²) in [5.74, 6) is -0.972. The van der Waals surface area contributed by atoms with E-state index in [1.54, 1.807) is 36.4 Å². The molecule has 0 saturated heterocycles. The van der Waals surface area contributed by atoms with Crippen LogP contribution in [0.15, 0.2) is 76.8 Å². The zero-order chi connectivity index (χ0) is 21.3. The summed E-state index contributed by atoms with van der Waals surface area (Å²) in [6.45, 7) is 0. The van der Waals surface area contributed by atoms with E-state index in [2.05, 4.69) is 4.98 Å². The van der Waals surface area contributed by atoms with Gasteiger partial charge in [0.1, 0.15) is 17.4 Å². The van der Waals surface area contributed by atoms with E-state index in [1.165, 1.54) is 25.3 Å². The zero-order valence-electron chi connectivity index (χ0n) is 15.7. The van der Waals surface area contributed by atoms with Crippen LogP contribution in [0.3, 0.4) is 0 Å². The number of hydrogen-bond donors (Lipinski definition) is 0. The second-order valence-corrected chi connectivity index (χ2v) is 9.05. The molecule has 0 atom stereocenters. The smallest absolute Gasteiger partial charge is 0.270 e. The molecule has 3 aromatic carbocycles. The van der Waals surface area contributed by atoms with E-state index in [0.29, 0.717) is 16.8 Å². The molecule has 0 saturated carbocycles. The number of thioether (sulfide) groups is 1. The number of methoxy groups -OCH3 is 1. The van der Waals surface area contributed by atoms with Crippen LogP contribution in [0, 0.1) is 11.6 Å². The molecule has 0 unspecified atom stereocenters. The molecule has 0 bridgehead atoms. The standard InChI is InChI=1S/C21H16F2N2O3S2/c1-28-14-9-11-15(12-10-14)30(26,27)25-20-8-3-2-7-19(20)24-21(25)29-13-16-17(22)5-4-6-18(16)23/h2-12H,13H2,1H3. The zero-order valence-corrected chi connectivity index (χ0v) is 17.4. The van der Waals surface area contributed by atoms with Gasteiger partial charge in [-0.25, -0.2) is 26.2 Å². The lowest BCUT2D eigenvalue weighted by molar-refractivity contribution is 0.414. The first-order valence-electron chi connectivity index (χ1n) is 8.84. The molecule has 0 aliphatic heterocycles.